The quantitative estimate of drug-likeness (QED) is 0.613. The van der Waals surface area contributed by atoms with Gasteiger partial charge in [-0.15, -0.1) is 5.10 Å². The van der Waals surface area contributed by atoms with Crippen LogP contribution in [0.4, 0.5) is 0 Å². The predicted molar refractivity (Wildman–Crippen MR) is 124 cm³/mol. The highest BCUT2D eigenvalue weighted by Crippen LogP contribution is 2.28. The fourth-order valence-corrected chi connectivity index (χ4v) is 4.45. The zero-order valence-electron chi connectivity index (χ0n) is 18.4. The Morgan fingerprint density at radius 1 is 1.28 bits per heavy atom. The third kappa shape index (κ3) is 4.96. The highest BCUT2D eigenvalue weighted by Gasteiger charge is 2.29. The lowest BCUT2D eigenvalue weighted by molar-refractivity contribution is -0.134. The lowest BCUT2D eigenvalue weighted by Gasteiger charge is -2.34. The van der Waals surface area contributed by atoms with Gasteiger partial charge in [-0.1, -0.05) is 55.3 Å². The highest BCUT2D eigenvalue weighted by atomic mass is 35.5. The number of benzene rings is 1. The minimum atomic E-state index is -0.336. The zero-order chi connectivity index (χ0) is 23.0. The molecule has 1 aliphatic heterocycles. The highest BCUT2D eigenvalue weighted by molar-refractivity contribution is 6.35. The Labute approximate surface area is 195 Å². The van der Waals surface area contributed by atoms with Crippen molar-refractivity contribution in [3.8, 4) is 0 Å². The van der Waals surface area contributed by atoms with Crippen LogP contribution in [0.1, 0.15) is 57.3 Å². The van der Waals surface area contributed by atoms with Gasteiger partial charge in [-0.05, 0) is 36.0 Å². The second kappa shape index (κ2) is 8.83. The molecule has 0 unspecified atom stereocenters. The van der Waals surface area contributed by atoms with E-state index in [0.29, 0.717) is 41.0 Å². The number of rotatable bonds is 4. The maximum absolute atomic E-state index is 12.7. The summed E-state index contributed by atoms with van der Waals surface area (Å²) in [5.74, 6) is 0.642. The van der Waals surface area contributed by atoms with Gasteiger partial charge in [0, 0.05) is 35.5 Å². The minimum Gasteiger partial charge on any atom is -0.342 e. The van der Waals surface area contributed by atoms with Crippen molar-refractivity contribution in [3.63, 3.8) is 0 Å². The van der Waals surface area contributed by atoms with Gasteiger partial charge in [-0.3, -0.25) is 9.59 Å². The van der Waals surface area contributed by atoms with Gasteiger partial charge in [0.05, 0.1) is 6.54 Å². The van der Waals surface area contributed by atoms with Crippen LogP contribution in [0.15, 0.2) is 23.0 Å². The molecular formula is C22H26Cl2N6O2. The molecule has 1 saturated heterocycles. The third-order valence-corrected chi connectivity index (χ3v) is 6.16. The summed E-state index contributed by atoms with van der Waals surface area (Å²) in [6.45, 7) is 7.74. The molecule has 8 nitrogen and oxygen atoms in total. The summed E-state index contributed by atoms with van der Waals surface area (Å²) in [7, 11) is 0. The van der Waals surface area contributed by atoms with Crippen LogP contribution >= 0.6 is 23.2 Å². The SMILES string of the molecule is CC(C)(C)CC(=O)N1CCC[C@H](c2nc3c(nnn3Cc3ccc(Cl)cc3Cl)c(=O)[nH]2)C1. The van der Waals surface area contributed by atoms with Crippen LogP contribution in [0.3, 0.4) is 0 Å². The molecule has 0 aliphatic carbocycles. The number of nitrogens with one attached hydrogen (secondary N) is 1. The van der Waals surface area contributed by atoms with Gasteiger partial charge < -0.3 is 9.88 Å². The van der Waals surface area contributed by atoms with Gasteiger partial charge in [0.25, 0.3) is 5.56 Å². The Hall–Kier alpha value is -2.45. The van der Waals surface area contributed by atoms with E-state index in [9.17, 15) is 9.59 Å². The first kappa shape index (κ1) is 22.7. The molecule has 0 bridgehead atoms. The second-order valence-corrected chi connectivity index (χ2v) is 10.4. The van der Waals surface area contributed by atoms with Crippen molar-refractivity contribution in [2.75, 3.05) is 13.1 Å². The van der Waals surface area contributed by atoms with E-state index in [1.54, 1.807) is 16.8 Å². The topological polar surface area (TPSA) is 96.8 Å². The Morgan fingerprint density at radius 2 is 2.06 bits per heavy atom. The van der Waals surface area contributed by atoms with Gasteiger partial charge in [-0.2, -0.15) is 0 Å². The van der Waals surface area contributed by atoms with E-state index in [1.807, 2.05) is 11.0 Å². The number of carbonyl (C=O) groups is 1. The van der Waals surface area contributed by atoms with Crippen molar-refractivity contribution in [1.82, 2.24) is 29.9 Å². The first-order valence-electron chi connectivity index (χ1n) is 10.7. The zero-order valence-corrected chi connectivity index (χ0v) is 19.9. The van der Waals surface area contributed by atoms with Crippen LogP contribution in [0, 0.1) is 5.41 Å². The monoisotopic (exact) mass is 476 g/mol. The second-order valence-electron chi connectivity index (χ2n) is 9.52. The van der Waals surface area contributed by atoms with Crippen LogP contribution in [0.5, 0.6) is 0 Å². The summed E-state index contributed by atoms with van der Waals surface area (Å²) in [6.07, 6.45) is 2.19. The van der Waals surface area contributed by atoms with Crippen molar-refractivity contribution in [2.24, 2.45) is 5.41 Å². The molecule has 1 aliphatic rings. The lowest BCUT2D eigenvalue weighted by Crippen LogP contribution is -2.41. The summed E-state index contributed by atoms with van der Waals surface area (Å²) in [5, 5.41) is 9.17. The molecule has 1 amide bonds. The molecule has 3 heterocycles. The summed E-state index contributed by atoms with van der Waals surface area (Å²) >= 11 is 12.3. The van der Waals surface area contributed by atoms with Crippen molar-refractivity contribution in [2.45, 2.75) is 52.5 Å². The molecule has 0 spiro atoms. The molecule has 0 radical (unpaired) electrons. The normalized spacial score (nSPS) is 17.2. The number of halogens is 2. The molecule has 1 fully saturated rings. The number of amides is 1. The third-order valence-electron chi connectivity index (χ3n) is 5.57. The van der Waals surface area contributed by atoms with Gasteiger partial charge in [0.2, 0.25) is 5.91 Å². The summed E-state index contributed by atoms with van der Waals surface area (Å²) < 4.78 is 1.56. The van der Waals surface area contributed by atoms with Gasteiger partial charge >= 0.3 is 0 Å². The maximum Gasteiger partial charge on any atom is 0.281 e. The number of aromatic nitrogens is 5. The average molecular weight is 477 g/mol. The number of aromatic amines is 1. The van der Waals surface area contributed by atoms with Crippen LogP contribution < -0.4 is 5.56 Å². The molecular weight excluding hydrogens is 451 g/mol. The van der Waals surface area contributed by atoms with Crippen molar-refractivity contribution in [3.05, 3.63) is 50.0 Å². The molecule has 10 heteroatoms. The number of nitrogens with zero attached hydrogens (tertiary/aromatic N) is 5. The van der Waals surface area contributed by atoms with Crippen LogP contribution in [0.2, 0.25) is 10.0 Å². The first-order chi connectivity index (χ1) is 15.1. The minimum absolute atomic E-state index is 0.0489. The average Bonchev–Trinajstić information content (AvgIpc) is 3.12. The largest absolute Gasteiger partial charge is 0.342 e. The number of piperidine rings is 1. The molecule has 1 aromatic carbocycles. The molecule has 1 N–H and O–H groups in total. The van der Waals surface area contributed by atoms with Crippen LogP contribution in [-0.2, 0) is 11.3 Å². The Balaban J connectivity index is 1.61. The van der Waals surface area contributed by atoms with Gasteiger partial charge in [0.15, 0.2) is 11.2 Å². The molecule has 4 rings (SSSR count). The molecule has 3 aromatic rings. The fourth-order valence-electron chi connectivity index (χ4n) is 3.99. The number of fused-ring (bicyclic) bond motifs is 1. The molecule has 0 saturated carbocycles. The molecule has 170 valence electrons. The number of H-pyrrole nitrogens is 1. The van der Waals surface area contributed by atoms with E-state index >= 15 is 0 Å². The van der Waals surface area contributed by atoms with Crippen LogP contribution in [-0.4, -0.2) is 48.9 Å². The summed E-state index contributed by atoms with van der Waals surface area (Å²) in [5.41, 5.74) is 0.958. The summed E-state index contributed by atoms with van der Waals surface area (Å²) in [6, 6.07) is 5.22. The van der Waals surface area contributed by atoms with E-state index < -0.39 is 0 Å². The lowest BCUT2D eigenvalue weighted by atomic mass is 9.90. The maximum atomic E-state index is 12.7. The van der Waals surface area contributed by atoms with Gasteiger partial charge in [-0.25, -0.2) is 9.67 Å². The van der Waals surface area contributed by atoms with Crippen LogP contribution in [0.25, 0.3) is 11.2 Å². The molecule has 1 atom stereocenters. The van der Waals surface area contributed by atoms with E-state index in [2.05, 4.69) is 36.1 Å². The number of carbonyl (C=O) groups excluding carboxylic acids is 1. The predicted octanol–water partition coefficient (Wildman–Crippen LogP) is 4.01. The van der Waals surface area contributed by atoms with E-state index in [-0.39, 0.29) is 28.3 Å². The summed E-state index contributed by atoms with van der Waals surface area (Å²) in [4.78, 5) is 34.9. The van der Waals surface area contributed by atoms with Crippen molar-refractivity contribution in [1.29, 1.82) is 0 Å². The first-order valence-corrected chi connectivity index (χ1v) is 11.4. The molecule has 2 aromatic heterocycles. The van der Waals surface area contributed by atoms with E-state index in [1.165, 1.54) is 0 Å². The van der Waals surface area contributed by atoms with Crippen molar-refractivity contribution >= 4 is 40.3 Å². The number of hydrogen-bond acceptors (Lipinski definition) is 5. The Morgan fingerprint density at radius 3 is 2.78 bits per heavy atom. The Kier molecular flexibility index (Phi) is 6.27. The number of likely N-dealkylation sites (tertiary alicyclic amines) is 1. The van der Waals surface area contributed by atoms with E-state index in [4.69, 9.17) is 28.2 Å². The fraction of sp³-hybridized carbons (Fsp3) is 0.500. The Bertz CT molecular complexity index is 1210. The standard InChI is InChI=1S/C22H26Cl2N6O2/c1-22(2,3)10-17(31)29-8-4-5-14(11-29)19-25-20-18(21(32)26-19)27-28-30(20)12-13-6-7-15(23)9-16(13)24/h6-7,9,14H,4-5,8,10-12H2,1-3H3,(H,25,26,32)/t14-/m0/s1. The van der Waals surface area contributed by atoms with E-state index in [0.717, 1.165) is 24.9 Å². The molecule has 32 heavy (non-hydrogen) atoms. The smallest absolute Gasteiger partial charge is 0.281 e. The number of hydrogen-bond donors (Lipinski definition) is 1. The van der Waals surface area contributed by atoms with Gasteiger partial charge in [0.1, 0.15) is 5.82 Å². The van der Waals surface area contributed by atoms with Crippen molar-refractivity contribution < 1.29 is 4.79 Å².